The first-order valence-electron chi connectivity index (χ1n) is 8.76. The molecule has 1 N–H and O–H groups in total. The van der Waals surface area contributed by atoms with E-state index in [2.05, 4.69) is 5.32 Å². The van der Waals surface area contributed by atoms with Crippen LogP contribution in [0.5, 0.6) is 5.75 Å². The fourth-order valence-electron chi connectivity index (χ4n) is 2.60. The molecule has 0 unspecified atom stereocenters. The molecule has 0 saturated carbocycles. The number of nitrogens with one attached hydrogen (secondary N) is 1. The SMILES string of the molecule is COC(=O)[C@H](Cc1ccccc1)NC(=O)COC(=O)c1cc([N+](=O)[O-])ccc1OC. The zero-order chi connectivity index (χ0) is 22.1. The Morgan fingerprint density at radius 1 is 1.10 bits per heavy atom. The maximum Gasteiger partial charge on any atom is 0.342 e. The number of rotatable bonds is 9. The van der Waals surface area contributed by atoms with Gasteiger partial charge in [-0.2, -0.15) is 0 Å². The third-order valence-corrected chi connectivity index (χ3v) is 4.05. The van der Waals surface area contributed by atoms with Gasteiger partial charge < -0.3 is 19.5 Å². The summed E-state index contributed by atoms with van der Waals surface area (Å²) >= 11 is 0. The van der Waals surface area contributed by atoms with Crippen molar-refractivity contribution in [3.8, 4) is 5.75 Å². The van der Waals surface area contributed by atoms with Crippen LogP contribution in [0.1, 0.15) is 15.9 Å². The summed E-state index contributed by atoms with van der Waals surface area (Å²) in [4.78, 5) is 46.7. The molecule has 0 radical (unpaired) electrons. The molecule has 0 bridgehead atoms. The molecule has 0 aromatic heterocycles. The van der Waals surface area contributed by atoms with Gasteiger partial charge in [-0.05, 0) is 11.6 Å². The number of benzene rings is 2. The van der Waals surface area contributed by atoms with Crippen LogP contribution in [0.15, 0.2) is 48.5 Å². The smallest absolute Gasteiger partial charge is 0.342 e. The normalized spacial score (nSPS) is 11.1. The van der Waals surface area contributed by atoms with Crippen molar-refractivity contribution in [3.63, 3.8) is 0 Å². The highest BCUT2D eigenvalue weighted by atomic mass is 16.6. The Hall–Kier alpha value is -3.95. The van der Waals surface area contributed by atoms with Crippen molar-refractivity contribution in [3.05, 3.63) is 69.8 Å². The average molecular weight is 416 g/mol. The molecule has 0 aliphatic rings. The lowest BCUT2D eigenvalue weighted by Gasteiger charge is -2.16. The summed E-state index contributed by atoms with van der Waals surface area (Å²) in [6.45, 7) is -0.701. The first-order valence-corrected chi connectivity index (χ1v) is 8.76. The van der Waals surface area contributed by atoms with Crippen LogP contribution in [0.2, 0.25) is 0 Å². The van der Waals surface area contributed by atoms with Crippen LogP contribution >= 0.6 is 0 Å². The molecule has 10 nitrogen and oxygen atoms in total. The van der Waals surface area contributed by atoms with Gasteiger partial charge in [-0.15, -0.1) is 0 Å². The standard InChI is InChI=1S/C20H20N2O8/c1-28-17-9-8-14(22(26)27)11-15(17)19(24)30-12-18(23)21-16(20(25)29-2)10-13-6-4-3-5-7-13/h3-9,11,16H,10,12H2,1-2H3,(H,21,23)/t16-/m0/s1. The Morgan fingerprint density at radius 2 is 1.80 bits per heavy atom. The summed E-state index contributed by atoms with van der Waals surface area (Å²) in [5, 5.41) is 13.4. The quantitative estimate of drug-likeness (QED) is 0.371. The van der Waals surface area contributed by atoms with E-state index in [1.807, 2.05) is 6.07 Å². The van der Waals surface area contributed by atoms with Gasteiger partial charge in [0.15, 0.2) is 6.61 Å². The minimum atomic E-state index is -0.983. The van der Waals surface area contributed by atoms with Gasteiger partial charge >= 0.3 is 11.9 Å². The van der Waals surface area contributed by atoms with Crippen molar-refractivity contribution in [1.29, 1.82) is 0 Å². The lowest BCUT2D eigenvalue weighted by Crippen LogP contribution is -2.44. The second kappa shape index (κ2) is 10.6. The fraction of sp³-hybridized carbons (Fsp3) is 0.250. The van der Waals surface area contributed by atoms with Crippen LogP contribution in [-0.2, 0) is 25.5 Å². The summed E-state index contributed by atoms with van der Waals surface area (Å²) in [6.07, 6.45) is 0.186. The van der Waals surface area contributed by atoms with E-state index in [1.54, 1.807) is 24.3 Å². The number of carbonyl (C=O) groups is 3. The van der Waals surface area contributed by atoms with Crippen molar-refractivity contribution >= 4 is 23.5 Å². The van der Waals surface area contributed by atoms with Gasteiger partial charge in [0.2, 0.25) is 0 Å². The van der Waals surface area contributed by atoms with Crippen LogP contribution < -0.4 is 10.1 Å². The summed E-state index contributed by atoms with van der Waals surface area (Å²) in [6, 6.07) is 11.4. The molecule has 2 aromatic rings. The van der Waals surface area contributed by atoms with Crippen molar-refractivity contribution in [2.45, 2.75) is 12.5 Å². The minimum absolute atomic E-state index is 0.0579. The second-order valence-corrected chi connectivity index (χ2v) is 6.05. The van der Waals surface area contributed by atoms with Crippen LogP contribution in [0, 0.1) is 10.1 Å². The molecule has 1 amide bonds. The van der Waals surface area contributed by atoms with Gasteiger partial charge in [0.25, 0.3) is 11.6 Å². The van der Waals surface area contributed by atoms with Crippen molar-refractivity contribution in [2.24, 2.45) is 0 Å². The van der Waals surface area contributed by atoms with E-state index in [4.69, 9.17) is 14.2 Å². The number of methoxy groups -OCH3 is 2. The number of ether oxygens (including phenoxy) is 3. The van der Waals surface area contributed by atoms with Gasteiger partial charge in [0.05, 0.1) is 19.1 Å². The van der Waals surface area contributed by atoms with E-state index >= 15 is 0 Å². The highest BCUT2D eigenvalue weighted by Gasteiger charge is 2.24. The monoisotopic (exact) mass is 416 g/mol. The molecule has 0 aliphatic carbocycles. The Labute approximate surface area is 171 Å². The molecular formula is C20H20N2O8. The maximum atomic E-state index is 12.3. The van der Waals surface area contributed by atoms with Gasteiger partial charge in [-0.25, -0.2) is 9.59 Å². The molecule has 10 heteroatoms. The molecule has 0 spiro atoms. The third kappa shape index (κ3) is 6.03. The largest absolute Gasteiger partial charge is 0.496 e. The zero-order valence-corrected chi connectivity index (χ0v) is 16.3. The van der Waals surface area contributed by atoms with E-state index in [0.29, 0.717) is 0 Å². The lowest BCUT2D eigenvalue weighted by atomic mass is 10.1. The van der Waals surface area contributed by atoms with Gasteiger partial charge in [-0.1, -0.05) is 30.3 Å². The number of hydrogen-bond donors (Lipinski definition) is 1. The number of nitrogens with zero attached hydrogens (tertiary/aromatic N) is 1. The number of amides is 1. The molecule has 1 atom stereocenters. The van der Waals surface area contributed by atoms with E-state index in [9.17, 15) is 24.5 Å². The fourth-order valence-corrected chi connectivity index (χ4v) is 2.60. The molecule has 0 aliphatic heterocycles. The topological polar surface area (TPSA) is 134 Å². The van der Waals surface area contributed by atoms with Gasteiger partial charge in [-0.3, -0.25) is 14.9 Å². The molecule has 0 heterocycles. The Kier molecular flexibility index (Phi) is 7.86. The molecule has 158 valence electrons. The second-order valence-electron chi connectivity index (χ2n) is 6.05. The van der Waals surface area contributed by atoms with Gasteiger partial charge in [0, 0.05) is 18.6 Å². The molecular weight excluding hydrogens is 396 g/mol. The molecule has 2 aromatic carbocycles. The number of non-ortho nitro benzene ring substituents is 1. The number of carbonyl (C=O) groups excluding carboxylic acids is 3. The van der Waals surface area contributed by atoms with Crippen LogP contribution in [-0.4, -0.2) is 49.6 Å². The predicted molar refractivity (Wildman–Crippen MR) is 104 cm³/mol. The predicted octanol–water partition coefficient (Wildman–Crippen LogP) is 1.66. The summed E-state index contributed by atoms with van der Waals surface area (Å²) in [7, 11) is 2.48. The highest BCUT2D eigenvalue weighted by molar-refractivity contribution is 5.95. The van der Waals surface area contributed by atoms with E-state index in [1.165, 1.54) is 26.4 Å². The van der Waals surface area contributed by atoms with Crippen LogP contribution in [0.3, 0.4) is 0 Å². The minimum Gasteiger partial charge on any atom is -0.496 e. The number of nitro benzene ring substituents is 1. The van der Waals surface area contributed by atoms with E-state index < -0.39 is 35.4 Å². The van der Waals surface area contributed by atoms with Crippen LogP contribution in [0.4, 0.5) is 5.69 Å². The molecule has 2 rings (SSSR count). The Bertz CT molecular complexity index is 930. The summed E-state index contributed by atoms with van der Waals surface area (Å²) < 4.78 is 14.6. The number of nitro groups is 1. The van der Waals surface area contributed by atoms with E-state index in [0.717, 1.165) is 11.6 Å². The van der Waals surface area contributed by atoms with Gasteiger partial charge in [0.1, 0.15) is 17.4 Å². The Morgan fingerprint density at radius 3 is 2.40 bits per heavy atom. The van der Waals surface area contributed by atoms with E-state index in [-0.39, 0.29) is 23.4 Å². The number of hydrogen-bond acceptors (Lipinski definition) is 8. The first kappa shape index (κ1) is 22.3. The zero-order valence-electron chi connectivity index (χ0n) is 16.3. The molecule has 0 fully saturated rings. The van der Waals surface area contributed by atoms with Crippen molar-refractivity contribution < 1.29 is 33.5 Å². The summed E-state index contributed by atoms with van der Waals surface area (Å²) in [5.74, 6) is -2.32. The maximum absolute atomic E-state index is 12.3. The van der Waals surface area contributed by atoms with Crippen molar-refractivity contribution in [1.82, 2.24) is 5.32 Å². The molecule has 30 heavy (non-hydrogen) atoms. The molecule has 0 saturated heterocycles. The lowest BCUT2D eigenvalue weighted by molar-refractivity contribution is -0.384. The first-order chi connectivity index (χ1) is 14.3. The summed E-state index contributed by atoms with van der Waals surface area (Å²) in [5.41, 5.74) is 0.264. The third-order valence-electron chi connectivity index (χ3n) is 4.05. The van der Waals surface area contributed by atoms with Crippen molar-refractivity contribution in [2.75, 3.05) is 20.8 Å². The average Bonchev–Trinajstić information content (AvgIpc) is 2.76. The highest BCUT2D eigenvalue weighted by Crippen LogP contribution is 2.24. The Balaban J connectivity index is 2.03. The van der Waals surface area contributed by atoms with Crippen LogP contribution in [0.25, 0.3) is 0 Å². The number of esters is 2.